The first-order chi connectivity index (χ1) is 8.46. The van der Waals surface area contributed by atoms with Crippen molar-refractivity contribution in [2.24, 2.45) is 5.92 Å². The highest BCUT2D eigenvalue weighted by Gasteiger charge is 2.32. The molecule has 0 aromatic carbocycles. The molecule has 1 heterocycles. The van der Waals surface area contributed by atoms with Gasteiger partial charge in [-0.1, -0.05) is 12.8 Å². The number of carbonyl (C=O) groups excluding carboxylic acids is 1. The van der Waals surface area contributed by atoms with Crippen LogP contribution in [0.4, 0.5) is 4.79 Å². The standard InChI is InChI=1S/C14H26N2O2/c1-14(2,3)18-13(17)16-9-8-15-12-7-5-4-6-11(12)10-16/h11-12,15H,4-10H2,1-3H3/t11-,12+/m1/s1. The van der Waals surface area contributed by atoms with E-state index < -0.39 is 5.60 Å². The number of ether oxygens (including phenoxy) is 1. The summed E-state index contributed by atoms with van der Waals surface area (Å²) < 4.78 is 5.47. The molecular formula is C14H26N2O2. The number of nitrogens with zero attached hydrogens (tertiary/aromatic N) is 1. The van der Waals surface area contributed by atoms with Crippen molar-refractivity contribution in [1.82, 2.24) is 10.2 Å². The van der Waals surface area contributed by atoms with E-state index in [4.69, 9.17) is 4.74 Å². The molecule has 0 radical (unpaired) electrons. The Morgan fingerprint density at radius 3 is 2.72 bits per heavy atom. The zero-order chi connectivity index (χ0) is 13.2. The lowest BCUT2D eigenvalue weighted by atomic mass is 9.84. The summed E-state index contributed by atoms with van der Waals surface area (Å²) in [6.45, 7) is 8.27. The van der Waals surface area contributed by atoms with Gasteiger partial charge in [0.2, 0.25) is 0 Å². The van der Waals surface area contributed by atoms with Gasteiger partial charge in [-0.25, -0.2) is 4.79 Å². The van der Waals surface area contributed by atoms with Gasteiger partial charge in [0.25, 0.3) is 0 Å². The molecule has 1 amide bonds. The van der Waals surface area contributed by atoms with Gasteiger partial charge in [0.15, 0.2) is 0 Å². The zero-order valence-corrected chi connectivity index (χ0v) is 11.9. The van der Waals surface area contributed by atoms with Crippen molar-refractivity contribution in [2.45, 2.75) is 58.1 Å². The van der Waals surface area contributed by atoms with Gasteiger partial charge >= 0.3 is 6.09 Å². The largest absolute Gasteiger partial charge is 0.444 e. The summed E-state index contributed by atoms with van der Waals surface area (Å²) in [5, 5.41) is 3.58. The van der Waals surface area contributed by atoms with Crippen molar-refractivity contribution in [3.05, 3.63) is 0 Å². The second-order valence-electron chi connectivity index (χ2n) is 6.53. The van der Waals surface area contributed by atoms with Crippen LogP contribution in [0.2, 0.25) is 0 Å². The van der Waals surface area contributed by atoms with Gasteiger partial charge < -0.3 is 15.0 Å². The fourth-order valence-electron chi connectivity index (χ4n) is 2.95. The molecule has 0 spiro atoms. The third-order valence-corrected chi connectivity index (χ3v) is 3.80. The fraction of sp³-hybridized carbons (Fsp3) is 0.929. The summed E-state index contributed by atoms with van der Waals surface area (Å²) in [7, 11) is 0. The maximum Gasteiger partial charge on any atom is 0.410 e. The molecule has 4 heteroatoms. The van der Waals surface area contributed by atoms with E-state index in [-0.39, 0.29) is 6.09 Å². The molecule has 2 aliphatic rings. The Kier molecular flexibility index (Phi) is 4.15. The molecule has 0 aromatic rings. The van der Waals surface area contributed by atoms with Crippen LogP contribution in [0.15, 0.2) is 0 Å². The normalized spacial score (nSPS) is 29.4. The molecule has 4 nitrogen and oxygen atoms in total. The summed E-state index contributed by atoms with van der Waals surface area (Å²) in [5.41, 5.74) is -0.400. The van der Waals surface area contributed by atoms with E-state index in [0.29, 0.717) is 12.0 Å². The maximum absolute atomic E-state index is 12.1. The van der Waals surface area contributed by atoms with Gasteiger partial charge in [0.1, 0.15) is 5.60 Å². The molecule has 104 valence electrons. The number of hydrogen-bond acceptors (Lipinski definition) is 3. The third kappa shape index (κ3) is 3.61. The fourth-order valence-corrected chi connectivity index (χ4v) is 2.95. The molecule has 0 bridgehead atoms. The summed E-state index contributed by atoms with van der Waals surface area (Å²) in [5.74, 6) is 0.605. The number of fused-ring (bicyclic) bond motifs is 1. The van der Waals surface area contributed by atoms with E-state index >= 15 is 0 Å². The van der Waals surface area contributed by atoms with Crippen molar-refractivity contribution >= 4 is 6.09 Å². The number of rotatable bonds is 0. The summed E-state index contributed by atoms with van der Waals surface area (Å²) >= 11 is 0. The molecule has 1 aliphatic carbocycles. The minimum absolute atomic E-state index is 0.157. The molecule has 0 aromatic heterocycles. The quantitative estimate of drug-likeness (QED) is 0.721. The second kappa shape index (κ2) is 5.47. The monoisotopic (exact) mass is 254 g/mol. The Morgan fingerprint density at radius 2 is 2.00 bits per heavy atom. The molecule has 2 atom stereocenters. The van der Waals surface area contributed by atoms with Crippen molar-refractivity contribution in [3.8, 4) is 0 Å². The highest BCUT2D eigenvalue weighted by Crippen LogP contribution is 2.27. The molecule has 18 heavy (non-hydrogen) atoms. The maximum atomic E-state index is 12.1. The van der Waals surface area contributed by atoms with Crippen LogP contribution in [-0.2, 0) is 4.74 Å². The van der Waals surface area contributed by atoms with Crippen molar-refractivity contribution in [1.29, 1.82) is 0 Å². The predicted molar refractivity (Wildman–Crippen MR) is 71.6 cm³/mol. The van der Waals surface area contributed by atoms with Crippen molar-refractivity contribution in [3.63, 3.8) is 0 Å². The topological polar surface area (TPSA) is 41.6 Å². The summed E-state index contributed by atoms with van der Waals surface area (Å²) in [4.78, 5) is 14.0. The van der Waals surface area contributed by atoms with Crippen molar-refractivity contribution < 1.29 is 9.53 Å². The average molecular weight is 254 g/mol. The molecule has 1 saturated heterocycles. The van der Waals surface area contributed by atoms with Gasteiger partial charge in [-0.2, -0.15) is 0 Å². The van der Waals surface area contributed by atoms with Crippen LogP contribution < -0.4 is 5.32 Å². The minimum Gasteiger partial charge on any atom is -0.444 e. The van der Waals surface area contributed by atoms with Crippen LogP contribution in [0.25, 0.3) is 0 Å². The molecular weight excluding hydrogens is 228 g/mol. The zero-order valence-electron chi connectivity index (χ0n) is 11.9. The van der Waals surface area contributed by atoms with Gasteiger partial charge in [0.05, 0.1) is 0 Å². The Bertz CT molecular complexity index is 299. The van der Waals surface area contributed by atoms with Crippen molar-refractivity contribution in [2.75, 3.05) is 19.6 Å². The number of amides is 1. The van der Waals surface area contributed by atoms with Gasteiger partial charge in [-0.15, -0.1) is 0 Å². The van der Waals surface area contributed by atoms with Gasteiger partial charge in [-0.3, -0.25) is 0 Å². The Labute approximate surface area is 110 Å². The first-order valence-corrected chi connectivity index (χ1v) is 7.17. The van der Waals surface area contributed by atoms with Gasteiger partial charge in [0, 0.05) is 25.7 Å². The van der Waals surface area contributed by atoms with E-state index in [2.05, 4.69) is 5.32 Å². The van der Waals surface area contributed by atoms with E-state index in [1.54, 1.807) is 0 Å². The molecule has 1 saturated carbocycles. The van der Waals surface area contributed by atoms with Gasteiger partial charge in [-0.05, 0) is 39.5 Å². The van der Waals surface area contributed by atoms with E-state index in [1.165, 1.54) is 25.7 Å². The molecule has 1 aliphatic heterocycles. The first-order valence-electron chi connectivity index (χ1n) is 7.17. The second-order valence-corrected chi connectivity index (χ2v) is 6.53. The Hall–Kier alpha value is -0.770. The van der Waals surface area contributed by atoms with E-state index in [1.807, 2.05) is 25.7 Å². The van der Waals surface area contributed by atoms with Crippen LogP contribution >= 0.6 is 0 Å². The lowest BCUT2D eigenvalue weighted by Crippen LogP contribution is -2.41. The highest BCUT2D eigenvalue weighted by atomic mass is 16.6. The Balaban J connectivity index is 1.95. The predicted octanol–water partition coefficient (Wildman–Crippen LogP) is 2.39. The summed E-state index contributed by atoms with van der Waals surface area (Å²) in [6.07, 6.45) is 4.95. The SMILES string of the molecule is CC(C)(C)OC(=O)N1CCN[C@H]2CCCC[C@@H]2C1. The van der Waals surface area contributed by atoms with Crippen LogP contribution in [0.5, 0.6) is 0 Å². The summed E-state index contributed by atoms with van der Waals surface area (Å²) in [6, 6.07) is 0.603. The molecule has 0 unspecified atom stereocenters. The lowest BCUT2D eigenvalue weighted by Gasteiger charge is -2.32. The minimum atomic E-state index is -0.400. The average Bonchev–Trinajstić information content (AvgIpc) is 2.48. The molecule has 2 rings (SSSR count). The molecule has 1 N–H and O–H groups in total. The Morgan fingerprint density at radius 1 is 1.28 bits per heavy atom. The highest BCUT2D eigenvalue weighted by molar-refractivity contribution is 5.68. The first kappa shape index (κ1) is 13.7. The van der Waals surface area contributed by atoms with Crippen LogP contribution in [-0.4, -0.2) is 42.3 Å². The van der Waals surface area contributed by atoms with Crippen LogP contribution in [0, 0.1) is 5.92 Å². The van der Waals surface area contributed by atoms with E-state index in [0.717, 1.165) is 19.6 Å². The number of hydrogen-bond donors (Lipinski definition) is 1. The smallest absolute Gasteiger partial charge is 0.410 e. The number of carbonyl (C=O) groups is 1. The molecule has 2 fully saturated rings. The number of nitrogens with one attached hydrogen (secondary N) is 1. The van der Waals surface area contributed by atoms with E-state index in [9.17, 15) is 4.79 Å². The lowest BCUT2D eigenvalue weighted by molar-refractivity contribution is 0.0230. The third-order valence-electron chi connectivity index (χ3n) is 3.80. The van der Waals surface area contributed by atoms with Crippen LogP contribution in [0.3, 0.4) is 0 Å². The van der Waals surface area contributed by atoms with Crippen LogP contribution in [0.1, 0.15) is 46.5 Å².